The van der Waals surface area contributed by atoms with Gasteiger partial charge in [0.05, 0.1) is 12.6 Å². The highest BCUT2D eigenvalue weighted by atomic mass is 16.3. The summed E-state index contributed by atoms with van der Waals surface area (Å²) in [7, 11) is 2.13. The van der Waals surface area contributed by atoms with Crippen molar-refractivity contribution in [3.05, 3.63) is 41.1 Å². The molecule has 134 valence electrons. The normalized spacial score (nSPS) is 29.8. The average molecular weight is 342 g/mol. The fourth-order valence-electron chi connectivity index (χ4n) is 5.07. The molecule has 1 saturated heterocycles. The number of aliphatic hydroxyl groups excluding tert-OH is 2. The van der Waals surface area contributed by atoms with E-state index in [0.717, 1.165) is 29.3 Å². The monoisotopic (exact) mass is 342 g/mol. The third-order valence-corrected chi connectivity index (χ3v) is 6.41. The summed E-state index contributed by atoms with van der Waals surface area (Å²) >= 11 is 0. The fraction of sp³-hybridized carbons (Fsp3) is 0.500. The molecule has 5 nitrogen and oxygen atoms in total. The van der Waals surface area contributed by atoms with Gasteiger partial charge in [-0.25, -0.2) is 0 Å². The summed E-state index contributed by atoms with van der Waals surface area (Å²) in [5.74, 6) is 0.584. The number of phenolic OH excluding ortho intramolecular Hbond substituents is 1. The lowest BCUT2D eigenvalue weighted by Gasteiger charge is -2.51. The third-order valence-electron chi connectivity index (χ3n) is 6.41. The van der Waals surface area contributed by atoms with Crippen LogP contribution in [0.3, 0.4) is 0 Å². The van der Waals surface area contributed by atoms with Crippen LogP contribution in [-0.4, -0.2) is 51.5 Å². The van der Waals surface area contributed by atoms with E-state index in [4.69, 9.17) is 0 Å². The lowest BCUT2D eigenvalue weighted by Crippen LogP contribution is -2.54. The van der Waals surface area contributed by atoms with Gasteiger partial charge in [-0.15, -0.1) is 0 Å². The summed E-state index contributed by atoms with van der Waals surface area (Å²) in [6, 6.07) is 5.94. The first-order valence-corrected chi connectivity index (χ1v) is 9.01. The first kappa shape index (κ1) is 16.6. The van der Waals surface area contributed by atoms with Crippen molar-refractivity contribution >= 4 is 10.9 Å². The van der Waals surface area contributed by atoms with Crippen molar-refractivity contribution in [2.75, 3.05) is 20.3 Å². The molecule has 25 heavy (non-hydrogen) atoms. The Morgan fingerprint density at radius 1 is 1.36 bits per heavy atom. The number of benzene rings is 1. The first-order valence-electron chi connectivity index (χ1n) is 9.01. The summed E-state index contributed by atoms with van der Waals surface area (Å²) in [6.07, 6.45) is 3.72. The number of likely N-dealkylation sites (N-methyl/N-ethyl adjacent to an activating group) is 1. The number of piperidine rings is 1. The highest BCUT2D eigenvalue weighted by molar-refractivity contribution is 5.86. The Balaban J connectivity index is 1.84. The van der Waals surface area contributed by atoms with Crippen molar-refractivity contribution in [2.45, 2.75) is 31.8 Å². The molecule has 0 spiro atoms. The molecule has 1 aromatic carbocycles. The molecule has 1 fully saturated rings. The average Bonchev–Trinajstić information content (AvgIpc) is 2.95. The number of phenols is 1. The molecule has 3 heterocycles. The minimum absolute atomic E-state index is 0.0499. The summed E-state index contributed by atoms with van der Waals surface area (Å²) in [6.45, 7) is 2.13. The van der Waals surface area contributed by atoms with E-state index in [9.17, 15) is 15.3 Å². The van der Waals surface area contributed by atoms with E-state index in [0.29, 0.717) is 0 Å². The summed E-state index contributed by atoms with van der Waals surface area (Å²) in [4.78, 5) is 5.93. The van der Waals surface area contributed by atoms with Gasteiger partial charge in [0.1, 0.15) is 5.75 Å². The van der Waals surface area contributed by atoms with E-state index in [2.05, 4.69) is 16.9 Å². The Bertz CT molecular complexity index is 826. The molecule has 0 radical (unpaired) electrons. The number of aliphatic hydroxyl groups is 2. The Morgan fingerprint density at radius 2 is 2.16 bits per heavy atom. The number of H-pyrrole nitrogens is 1. The lowest BCUT2D eigenvalue weighted by molar-refractivity contribution is -0.00908. The molecular formula is C20H26N2O3. The summed E-state index contributed by atoms with van der Waals surface area (Å²) in [5, 5.41) is 30.8. The van der Waals surface area contributed by atoms with Gasteiger partial charge in [-0.3, -0.25) is 4.90 Å². The predicted molar refractivity (Wildman–Crippen MR) is 97.5 cm³/mol. The Morgan fingerprint density at radius 3 is 2.84 bits per heavy atom. The minimum atomic E-state index is 0.0499. The molecule has 2 bridgehead atoms. The van der Waals surface area contributed by atoms with Crippen molar-refractivity contribution in [3.8, 4) is 5.75 Å². The number of fused-ring (bicyclic) bond motifs is 6. The first-order chi connectivity index (χ1) is 12.1. The van der Waals surface area contributed by atoms with Crippen LogP contribution < -0.4 is 0 Å². The van der Waals surface area contributed by atoms with Crippen LogP contribution in [-0.2, 0) is 6.42 Å². The zero-order valence-corrected chi connectivity index (χ0v) is 14.7. The van der Waals surface area contributed by atoms with E-state index in [-0.39, 0.29) is 42.9 Å². The molecule has 0 saturated carbocycles. The third kappa shape index (κ3) is 2.41. The van der Waals surface area contributed by atoms with Crippen LogP contribution in [0.5, 0.6) is 5.75 Å². The molecule has 4 N–H and O–H groups in total. The van der Waals surface area contributed by atoms with Gasteiger partial charge >= 0.3 is 0 Å². The molecule has 4 rings (SSSR count). The van der Waals surface area contributed by atoms with Gasteiger partial charge in [-0.1, -0.05) is 6.08 Å². The van der Waals surface area contributed by atoms with Crippen LogP contribution >= 0.6 is 0 Å². The molecule has 0 amide bonds. The van der Waals surface area contributed by atoms with E-state index in [1.165, 1.54) is 11.3 Å². The quantitative estimate of drug-likeness (QED) is 0.646. The second-order valence-electron chi connectivity index (χ2n) is 7.41. The number of nitrogens with one attached hydrogen (secondary N) is 1. The number of aromatic nitrogens is 1. The molecule has 1 aromatic heterocycles. The van der Waals surface area contributed by atoms with Crippen LogP contribution in [0.1, 0.15) is 30.6 Å². The molecule has 5 heteroatoms. The molecule has 4 atom stereocenters. The molecule has 2 aliphatic heterocycles. The maximum Gasteiger partial charge on any atom is 0.116 e. The second kappa shape index (κ2) is 6.16. The van der Waals surface area contributed by atoms with Gasteiger partial charge in [0.25, 0.3) is 0 Å². The number of allylic oxidation sites excluding steroid dienone is 1. The Labute approximate surface area is 147 Å². The van der Waals surface area contributed by atoms with Gasteiger partial charge in [-0.05, 0) is 62.1 Å². The fourth-order valence-corrected chi connectivity index (χ4v) is 5.07. The number of rotatable bonds is 3. The number of hydrogen-bond acceptors (Lipinski definition) is 4. The Hall–Kier alpha value is -1.82. The van der Waals surface area contributed by atoms with Crippen molar-refractivity contribution in [3.63, 3.8) is 0 Å². The van der Waals surface area contributed by atoms with Gasteiger partial charge < -0.3 is 20.3 Å². The van der Waals surface area contributed by atoms with Crippen LogP contribution in [0.25, 0.3) is 10.9 Å². The van der Waals surface area contributed by atoms with E-state index < -0.39 is 0 Å². The number of nitrogens with zero attached hydrogens (tertiary/aromatic N) is 1. The highest BCUT2D eigenvalue weighted by Crippen LogP contribution is 2.49. The molecular weight excluding hydrogens is 316 g/mol. The topological polar surface area (TPSA) is 79.7 Å². The summed E-state index contributed by atoms with van der Waals surface area (Å²) < 4.78 is 0. The number of hydrogen-bond donors (Lipinski definition) is 4. The Kier molecular flexibility index (Phi) is 4.10. The predicted octanol–water partition coefficient (Wildman–Crippen LogP) is 2.34. The maximum atomic E-state index is 10.1. The van der Waals surface area contributed by atoms with Gasteiger partial charge in [0.15, 0.2) is 0 Å². The van der Waals surface area contributed by atoms with Gasteiger partial charge in [0.2, 0.25) is 0 Å². The highest BCUT2D eigenvalue weighted by Gasteiger charge is 2.47. The summed E-state index contributed by atoms with van der Waals surface area (Å²) in [5.41, 5.74) is 4.56. The van der Waals surface area contributed by atoms with Crippen molar-refractivity contribution in [1.29, 1.82) is 0 Å². The van der Waals surface area contributed by atoms with Crippen molar-refractivity contribution in [2.24, 2.45) is 11.8 Å². The second-order valence-corrected chi connectivity index (χ2v) is 7.41. The van der Waals surface area contributed by atoms with Crippen LogP contribution in [0, 0.1) is 11.8 Å². The van der Waals surface area contributed by atoms with Gasteiger partial charge in [-0.2, -0.15) is 0 Å². The molecule has 0 unspecified atom stereocenters. The lowest BCUT2D eigenvalue weighted by atomic mass is 9.68. The zero-order chi connectivity index (χ0) is 17.7. The van der Waals surface area contributed by atoms with Gasteiger partial charge in [0, 0.05) is 35.2 Å². The zero-order valence-electron chi connectivity index (χ0n) is 14.7. The standard InChI is InChI=1S/C20H26N2O3/c1-3-11(9-23)13-7-19-20-15(8-18(22(19)2)16(13)10-24)14-6-12(25)4-5-17(14)21-20/h3-6,13,16,18-19,21,23-25H,7-10H2,1-2H3/b11-3-/t13-,16-,18-,19-/m0/s1. The molecule has 0 aliphatic carbocycles. The minimum Gasteiger partial charge on any atom is -0.508 e. The van der Waals surface area contributed by atoms with Crippen molar-refractivity contribution < 1.29 is 15.3 Å². The number of aromatic amines is 1. The van der Waals surface area contributed by atoms with Crippen LogP contribution in [0.2, 0.25) is 0 Å². The largest absolute Gasteiger partial charge is 0.508 e. The maximum absolute atomic E-state index is 10.1. The van der Waals surface area contributed by atoms with E-state index >= 15 is 0 Å². The van der Waals surface area contributed by atoms with E-state index in [1.54, 1.807) is 6.07 Å². The van der Waals surface area contributed by atoms with Crippen molar-refractivity contribution in [1.82, 2.24) is 9.88 Å². The van der Waals surface area contributed by atoms with Crippen LogP contribution in [0.15, 0.2) is 29.8 Å². The molecule has 2 aliphatic rings. The molecule has 2 aromatic rings. The van der Waals surface area contributed by atoms with Crippen LogP contribution in [0.4, 0.5) is 0 Å². The SMILES string of the molecule is C/C=C(/CO)[C@@H]1C[C@H]2c3[nH]c4ccc(O)cc4c3C[C@@H]([C@H]1CO)N2C. The number of aromatic hydroxyl groups is 1. The smallest absolute Gasteiger partial charge is 0.116 e. The van der Waals surface area contributed by atoms with E-state index in [1.807, 2.05) is 25.1 Å².